The quantitative estimate of drug-likeness (QED) is 0.527. The number of rotatable bonds is 1. The zero-order chi connectivity index (χ0) is 13.4. The summed E-state index contributed by atoms with van der Waals surface area (Å²) < 4.78 is 75.8. The van der Waals surface area contributed by atoms with E-state index in [0.717, 1.165) is 0 Å². The van der Waals surface area contributed by atoms with Crippen molar-refractivity contribution >= 4 is 34.2 Å². The zero-order valence-corrected chi connectivity index (χ0v) is 10.4. The van der Waals surface area contributed by atoms with E-state index in [2.05, 4.69) is 9.72 Å². The van der Waals surface area contributed by atoms with Gasteiger partial charge >= 0.3 is 12.5 Å². The van der Waals surface area contributed by atoms with Crippen LogP contribution in [-0.4, -0.2) is 11.3 Å². The van der Waals surface area contributed by atoms with Crippen LogP contribution in [0.5, 0.6) is 5.75 Å². The van der Waals surface area contributed by atoms with Gasteiger partial charge in [-0.1, -0.05) is 11.6 Å². The van der Waals surface area contributed by atoms with Crippen LogP contribution in [0.2, 0.25) is 5.02 Å². The van der Waals surface area contributed by atoms with Crippen molar-refractivity contribution in [1.82, 2.24) is 4.98 Å². The number of alkyl halides is 6. The van der Waals surface area contributed by atoms with Crippen LogP contribution in [0.25, 0.3) is 0 Å². The maximum absolute atomic E-state index is 12.4. The lowest BCUT2D eigenvalue weighted by molar-refractivity contribution is -0.276. The van der Waals surface area contributed by atoms with Crippen LogP contribution in [0.15, 0.2) is 6.20 Å². The van der Waals surface area contributed by atoms with Crippen molar-refractivity contribution in [2.24, 2.45) is 0 Å². The maximum Gasteiger partial charge on any atom is 0.573 e. The van der Waals surface area contributed by atoms with Crippen LogP contribution in [0, 0.1) is 3.57 Å². The van der Waals surface area contributed by atoms with Crippen LogP contribution < -0.4 is 4.74 Å². The van der Waals surface area contributed by atoms with E-state index in [1.54, 1.807) is 0 Å². The van der Waals surface area contributed by atoms with E-state index >= 15 is 0 Å². The molecule has 96 valence electrons. The smallest absolute Gasteiger partial charge is 0.402 e. The summed E-state index contributed by atoms with van der Waals surface area (Å²) in [5.74, 6) is -1.45. The van der Waals surface area contributed by atoms with E-state index in [4.69, 9.17) is 11.6 Å². The minimum Gasteiger partial charge on any atom is -0.402 e. The fraction of sp³-hybridized carbons (Fsp3) is 0.286. The topological polar surface area (TPSA) is 22.1 Å². The molecular formula is C7HClF6INO. The van der Waals surface area contributed by atoms with Gasteiger partial charge in [0, 0.05) is 6.20 Å². The van der Waals surface area contributed by atoms with Gasteiger partial charge < -0.3 is 4.74 Å². The first-order chi connectivity index (χ1) is 7.52. The fourth-order valence-corrected chi connectivity index (χ4v) is 1.50. The third kappa shape index (κ3) is 3.76. The summed E-state index contributed by atoms with van der Waals surface area (Å²) in [7, 11) is 0. The predicted molar refractivity (Wildman–Crippen MR) is 53.6 cm³/mol. The summed E-state index contributed by atoms with van der Waals surface area (Å²) >= 11 is 6.59. The molecule has 0 bridgehead atoms. The highest BCUT2D eigenvalue weighted by Gasteiger charge is 2.42. The largest absolute Gasteiger partial charge is 0.573 e. The Morgan fingerprint density at radius 3 is 2.12 bits per heavy atom. The SMILES string of the molecule is FC(F)(F)Oc1c(C(F)(F)F)ncc(Cl)c1I. The van der Waals surface area contributed by atoms with Crippen LogP contribution in [0.4, 0.5) is 26.3 Å². The Morgan fingerprint density at radius 1 is 1.18 bits per heavy atom. The van der Waals surface area contributed by atoms with E-state index in [-0.39, 0.29) is 5.02 Å². The summed E-state index contributed by atoms with van der Waals surface area (Å²) in [6, 6.07) is 0. The number of halogens is 8. The summed E-state index contributed by atoms with van der Waals surface area (Å²) in [4.78, 5) is 2.81. The molecule has 1 heterocycles. The van der Waals surface area contributed by atoms with E-state index in [1.807, 2.05) is 0 Å². The average molecular weight is 391 g/mol. The predicted octanol–water partition coefficient (Wildman–Crippen LogP) is 4.26. The highest BCUT2D eigenvalue weighted by Crippen LogP contribution is 2.41. The molecule has 0 spiro atoms. The molecule has 10 heteroatoms. The number of pyridine rings is 1. The van der Waals surface area contributed by atoms with Crippen molar-refractivity contribution in [3.8, 4) is 5.75 Å². The standard InChI is InChI=1S/C7HClF6INO/c8-2-1-16-5(6(9,10)11)4(3(2)15)17-7(12,13)14/h1H. The number of hydrogen-bond acceptors (Lipinski definition) is 2. The van der Waals surface area contributed by atoms with Crippen molar-refractivity contribution in [1.29, 1.82) is 0 Å². The number of ether oxygens (including phenoxy) is 1. The van der Waals surface area contributed by atoms with Gasteiger partial charge in [0.05, 0.1) is 8.59 Å². The fourth-order valence-electron chi connectivity index (χ4n) is 0.860. The van der Waals surface area contributed by atoms with E-state index in [9.17, 15) is 26.3 Å². The minimum atomic E-state index is -5.26. The molecule has 0 N–H and O–H groups in total. The van der Waals surface area contributed by atoms with Crippen LogP contribution in [0.1, 0.15) is 5.69 Å². The second-order valence-electron chi connectivity index (χ2n) is 2.64. The van der Waals surface area contributed by atoms with Crippen molar-refractivity contribution in [3.05, 3.63) is 20.5 Å². The molecule has 0 radical (unpaired) electrons. The molecule has 1 aromatic rings. The summed E-state index contributed by atoms with van der Waals surface area (Å²) in [6.45, 7) is 0. The third-order valence-corrected chi connectivity index (χ3v) is 3.09. The molecule has 0 aromatic carbocycles. The van der Waals surface area contributed by atoms with Gasteiger partial charge in [-0.05, 0) is 22.6 Å². The average Bonchev–Trinajstić information content (AvgIpc) is 2.08. The molecular weight excluding hydrogens is 390 g/mol. The van der Waals surface area contributed by atoms with Gasteiger partial charge in [-0.3, -0.25) is 0 Å². The lowest BCUT2D eigenvalue weighted by atomic mass is 10.3. The Hall–Kier alpha value is -0.450. The lowest BCUT2D eigenvalue weighted by Crippen LogP contribution is -2.22. The lowest BCUT2D eigenvalue weighted by Gasteiger charge is -2.16. The molecule has 0 aliphatic rings. The minimum absolute atomic E-state index is 0.363. The first-order valence-electron chi connectivity index (χ1n) is 3.69. The molecule has 0 aliphatic heterocycles. The van der Waals surface area contributed by atoms with Gasteiger partial charge in [0.25, 0.3) is 0 Å². The van der Waals surface area contributed by atoms with Gasteiger partial charge in [-0.25, -0.2) is 4.98 Å². The highest BCUT2D eigenvalue weighted by molar-refractivity contribution is 14.1. The molecule has 0 unspecified atom stereocenters. The van der Waals surface area contributed by atoms with Crippen molar-refractivity contribution < 1.29 is 31.1 Å². The molecule has 0 amide bonds. The Balaban J connectivity index is 3.37. The molecule has 2 nitrogen and oxygen atoms in total. The second-order valence-corrected chi connectivity index (χ2v) is 4.13. The number of nitrogens with zero attached hydrogens (tertiary/aromatic N) is 1. The molecule has 0 saturated carbocycles. The Morgan fingerprint density at radius 2 is 1.71 bits per heavy atom. The van der Waals surface area contributed by atoms with Gasteiger partial charge in [-0.15, -0.1) is 13.2 Å². The van der Waals surface area contributed by atoms with Gasteiger partial charge in [0.15, 0.2) is 11.4 Å². The summed E-state index contributed by atoms with van der Waals surface area (Å²) in [5.41, 5.74) is -1.77. The van der Waals surface area contributed by atoms with Crippen LogP contribution in [-0.2, 0) is 6.18 Å². The molecule has 17 heavy (non-hydrogen) atoms. The molecule has 0 aliphatic carbocycles. The molecule has 0 saturated heterocycles. The zero-order valence-electron chi connectivity index (χ0n) is 7.46. The second kappa shape index (κ2) is 4.67. The molecule has 0 atom stereocenters. The van der Waals surface area contributed by atoms with Crippen molar-refractivity contribution in [2.45, 2.75) is 12.5 Å². The van der Waals surface area contributed by atoms with Crippen LogP contribution >= 0.6 is 34.2 Å². The Bertz CT molecular complexity index is 432. The molecule has 1 rings (SSSR count). The number of aromatic nitrogens is 1. The Kier molecular flexibility index (Phi) is 4.01. The summed E-state index contributed by atoms with van der Waals surface area (Å²) in [5, 5.41) is -0.363. The Labute approximate surface area is 109 Å². The number of hydrogen-bond donors (Lipinski definition) is 0. The van der Waals surface area contributed by atoms with E-state index < -0.39 is 27.6 Å². The summed E-state index contributed by atoms with van der Waals surface area (Å²) in [6.07, 6.45) is -9.72. The first-order valence-corrected chi connectivity index (χ1v) is 5.15. The van der Waals surface area contributed by atoms with Gasteiger partial charge in [0.1, 0.15) is 0 Å². The molecule has 1 aromatic heterocycles. The van der Waals surface area contributed by atoms with Gasteiger partial charge in [0.2, 0.25) is 0 Å². The monoisotopic (exact) mass is 391 g/mol. The van der Waals surface area contributed by atoms with Crippen LogP contribution in [0.3, 0.4) is 0 Å². The highest BCUT2D eigenvalue weighted by atomic mass is 127. The van der Waals surface area contributed by atoms with Gasteiger partial charge in [-0.2, -0.15) is 13.2 Å². The van der Waals surface area contributed by atoms with E-state index in [1.165, 1.54) is 22.6 Å². The van der Waals surface area contributed by atoms with Crippen molar-refractivity contribution in [3.63, 3.8) is 0 Å². The molecule has 0 fully saturated rings. The first kappa shape index (κ1) is 14.6. The maximum atomic E-state index is 12.4. The van der Waals surface area contributed by atoms with E-state index in [0.29, 0.717) is 6.20 Å². The third-order valence-electron chi connectivity index (χ3n) is 1.42. The van der Waals surface area contributed by atoms with Crippen molar-refractivity contribution in [2.75, 3.05) is 0 Å². The normalized spacial score (nSPS) is 12.7.